The fraction of sp³-hybridized carbons (Fsp3) is 0.625. The zero-order valence-corrected chi connectivity index (χ0v) is 17.9. The molecule has 0 bridgehead atoms. The summed E-state index contributed by atoms with van der Waals surface area (Å²) in [5, 5.41) is 3.08. The summed E-state index contributed by atoms with van der Waals surface area (Å²) in [5.74, 6) is 0.0529. The first-order valence-corrected chi connectivity index (χ1v) is 11.4. The van der Waals surface area contributed by atoms with Gasteiger partial charge in [-0.15, -0.1) is 0 Å². The molecule has 30 heavy (non-hydrogen) atoms. The maximum atomic E-state index is 13.0. The number of likely N-dealkylation sites (tertiary alicyclic amines) is 1. The molecule has 1 N–H and O–H groups in total. The molecule has 3 fully saturated rings. The molecule has 1 aromatic rings. The second kappa shape index (κ2) is 8.88. The third kappa shape index (κ3) is 4.15. The van der Waals surface area contributed by atoms with Gasteiger partial charge in [0.15, 0.2) is 0 Å². The summed E-state index contributed by atoms with van der Waals surface area (Å²) in [5.41, 5.74) is 0.0195. The average Bonchev–Trinajstić information content (AvgIpc) is 3.00. The molecule has 0 radical (unpaired) electrons. The molecule has 6 nitrogen and oxygen atoms in total. The van der Waals surface area contributed by atoms with Gasteiger partial charge < -0.3 is 10.2 Å². The van der Waals surface area contributed by atoms with Crippen LogP contribution in [-0.4, -0.2) is 59.7 Å². The molecule has 4 rings (SSSR count). The quantitative estimate of drug-likeness (QED) is 0.730. The normalized spacial score (nSPS) is 29.7. The first-order valence-electron chi connectivity index (χ1n) is 11.4. The van der Waals surface area contributed by atoms with Crippen molar-refractivity contribution in [2.24, 2.45) is 5.92 Å². The van der Waals surface area contributed by atoms with E-state index >= 15 is 0 Å². The number of carbonyl (C=O) groups is 3. The Morgan fingerprint density at radius 3 is 2.67 bits per heavy atom. The van der Waals surface area contributed by atoms with E-state index in [1.54, 1.807) is 0 Å². The standard InChI is InChI=1S/C24H33N3O3/c1-24(19-9-3-2-4-10-19)16-22(29)27(23(24)30)15-12-21(28)25-17-18-8-7-14-26-13-6-5-11-20(18)26/h2-4,9-10,18,20H,5-8,11-17H2,1H3,(H,25,28)/t18-,20+,24-/m0/s1. The first-order chi connectivity index (χ1) is 14.5. The van der Waals surface area contributed by atoms with Crippen LogP contribution in [0.15, 0.2) is 30.3 Å². The lowest BCUT2D eigenvalue weighted by Crippen LogP contribution is -2.51. The lowest BCUT2D eigenvalue weighted by molar-refractivity contribution is -0.140. The first kappa shape index (κ1) is 21.0. The Morgan fingerprint density at radius 1 is 1.10 bits per heavy atom. The molecule has 0 saturated carbocycles. The second-order valence-corrected chi connectivity index (χ2v) is 9.28. The molecule has 162 valence electrons. The molecular weight excluding hydrogens is 378 g/mol. The van der Waals surface area contributed by atoms with Crippen molar-refractivity contribution in [3.63, 3.8) is 0 Å². The largest absolute Gasteiger partial charge is 0.356 e. The molecule has 3 aliphatic rings. The summed E-state index contributed by atoms with van der Waals surface area (Å²) in [7, 11) is 0. The van der Waals surface area contributed by atoms with Gasteiger partial charge in [0.2, 0.25) is 17.7 Å². The van der Waals surface area contributed by atoms with Crippen LogP contribution < -0.4 is 5.32 Å². The summed E-state index contributed by atoms with van der Waals surface area (Å²) in [6.07, 6.45) is 6.50. The van der Waals surface area contributed by atoms with Crippen molar-refractivity contribution in [3.8, 4) is 0 Å². The fourth-order valence-electron chi connectivity index (χ4n) is 5.50. The van der Waals surface area contributed by atoms with Crippen LogP contribution in [0.25, 0.3) is 0 Å². The molecule has 0 aromatic heterocycles. The van der Waals surface area contributed by atoms with E-state index in [4.69, 9.17) is 0 Å². The van der Waals surface area contributed by atoms with E-state index in [0.717, 1.165) is 5.56 Å². The fourth-order valence-corrected chi connectivity index (χ4v) is 5.50. The number of hydrogen-bond donors (Lipinski definition) is 1. The SMILES string of the molecule is C[C@@]1(c2ccccc2)CC(=O)N(CCC(=O)NC[C@@H]2CCCN3CCCC[C@H]23)C1=O. The highest BCUT2D eigenvalue weighted by atomic mass is 16.2. The highest BCUT2D eigenvalue weighted by Gasteiger charge is 2.49. The van der Waals surface area contributed by atoms with Gasteiger partial charge in [-0.1, -0.05) is 36.8 Å². The topological polar surface area (TPSA) is 69.7 Å². The van der Waals surface area contributed by atoms with Crippen molar-refractivity contribution < 1.29 is 14.4 Å². The number of imide groups is 1. The Morgan fingerprint density at radius 2 is 1.87 bits per heavy atom. The highest BCUT2D eigenvalue weighted by Crippen LogP contribution is 2.36. The van der Waals surface area contributed by atoms with Gasteiger partial charge >= 0.3 is 0 Å². The molecule has 0 aliphatic carbocycles. The number of carbonyl (C=O) groups excluding carboxylic acids is 3. The Kier molecular flexibility index (Phi) is 6.23. The van der Waals surface area contributed by atoms with Crippen LogP contribution >= 0.6 is 0 Å². The Balaban J connectivity index is 1.28. The summed E-state index contributed by atoms with van der Waals surface area (Å²) in [4.78, 5) is 41.8. The zero-order chi connectivity index (χ0) is 21.1. The Labute approximate surface area is 179 Å². The van der Waals surface area contributed by atoms with Gasteiger partial charge in [-0.2, -0.15) is 0 Å². The maximum absolute atomic E-state index is 13.0. The number of benzene rings is 1. The molecular formula is C24H33N3O3. The number of fused-ring (bicyclic) bond motifs is 1. The molecule has 6 heteroatoms. The van der Waals surface area contributed by atoms with Crippen LogP contribution in [0.1, 0.15) is 57.4 Å². The van der Waals surface area contributed by atoms with Crippen LogP contribution in [0.2, 0.25) is 0 Å². The van der Waals surface area contributed by atoms with Crippen LogP contribution in [0.5, 0.6) is 0 Å². The van der Waals surface area contributed by atoms with E-state index in [2.05, 4.69) is 10.2 Å². The van der Waals surface area contributed by atoms with Gasteiger partial charge in [0.05, 0.1) is 5.41 Å². The van der Waals surface area contributed by atoms with Crippen LogP contribution in [0.4, 0.5) is 0 Å². The van der Waals surface area contributed by atoms with Gasteiger partial charge in [-0.25, -0.2) is 0 Å². The number of nitrogens with zero attached hydrogens (tertiary/aromatic N) is 2. The molecule has 3 heterocycles. The molecule has 1 aromatic carbocycles. The Bertz CT molecular complexity index is 794. The van der Waals surface area contributed by atoms with Crippen molar-refractivity contribution in [1.29, 1.82) is 0 Å². The van der Waals surface area contributed by atoms with Gasteiger partial charge in [-0.05, 0) is 57.2 Å². The van der Waals surface area contributed by atoms with Gasteiger partial charge in [0.1, 0.15) is 0 Å². The van der Waals surface area contributed by atoms with E-state index in [1.807, 2.05) is 37.3 Å². The predicted molar refractivity (Wildman–Crippen MR) is 115 cm³/mol. The minimum atomic E-state index is -0.832. The lowest BCUT2D eigenvalue weighted by atomic mass is 9.81. The summed E-state index contributed by atoms with van der Waals surface area (Å²) in [6.45, 7) is 5.06. The van der Waals surface area contributed by atoms with Gasteiger partial charge in [-0.3, -0.25) is 19.3 Å². The minimum absolute atomic E-state index is 0.0724. The van der Waals surface area contributed by atoms with Gasteiger partial charge in [0, 0.05) is 32.0 Å². The minimum Gasteiger partial charge on any atom is -0.356 e. The van der Waals surface area contributed by atoms with E-state index in [0.29, 0.717) is 18.5 Å². The van der Waals surface area contributed by atoms with E-state index in [-0.39, 0.29) is 37.1 Å². The number of piperidine rings is 2. The third-order valence-corrected chi connectivity index (χ3v) is 7.29. The monoisotopic (exact) mass is 411 g/mol. The van der Waals surface area contributed by atoms with Crippen LogP contribution in [0, 0.1) is 5.92 Å². The second-order valence-electron chi connectivity index (χ2n) is 9.28. The number of amides is 3. The molecule has 3 aliphatic heterocycles. The summed E-state index contributed by atoms with van der Waals surface area (Å²) >= 11 is 0. The molecule has 3 saturated heterocycles. The van der Waals surface area contributed by atoms with Crippen molar-refractivity contribution in [1.82, 2.24) is 15.1 Å². The molecule has 0 unspecified atom stereocenters. The van der Waals surface area contributed by atoms with E-state index in [9.17, 15) is 14.4 Å². The zero-order valence-electron chi connectivity index (χ0n) is 17.9. The molecule has 3 amide bonds. The summed E-state index contributed by atoms with van der Waals surface area (Å²) < 4.78 is 0. The smallest absolute Gasteiger partial charge is 0.240 e. The Hall–Kier alpha value is -2.21. The summed E-state index contributed by atoms with van der Waals surface area (Å²) in [6, 6.07) is 10.0. The highest BCUT2D eigenvalue weighted by molar-refractivity contribution is 6.09. The third-order valence-electron chi connectivity index (χ3n) is 7.29. The van der Waals surface area contributed by atoms with Crippen LogP contribution in [0.3, 0.4) is 0 Å². The lowest BCUT2D eigenvalue weighted by Gasteiger charge is -2.44. The number of rotatable bonds is 6. The molecule has 0 spiro atoms. The van der Waals surface area contributed by atoms with Crippen LogP contribution in [-0.2, 0) is 19.8 Å². The number of hydrogen-bond acceptors (Lipinski definition) is 4. The van der Waals surface area contributed by atoms with Crippen molar-refractivity contribution in [2.45, 2.75) is 63.3 Å². The van der Waals surface area contributed by atoms with Crippen molar-refractivity contribution >= 4 is 17.7 Å². The average molecular weight is 412 g/mol. The van der Waals surface area contributed by atoms with Crippen molar-refractivity contribution in [2.75, 3.05) is 26.2 Å². The molecule has 3 atom stereocenters. The van der Waals surface area contributed by atoms with E-state index in [1.165, 1.54) is 50.1 Å². The van der Waals surface area contributed by atoms with E-state index < -0.39 is 5.41 Å². The van der Waals surface area contributed by atoms with Gasteiger partial charge in [0.25, 0.3) is 0 Å². The predicted octanol–water partition coefficient (Wildman–Crippen LogP) is 2.47. The number of nitrogens with one attached hydrogen (secondary N) is 1. The maximum Gasteiger partial charge on any atom is 0.240 e. The van der Waals surface area contributed by atoms with Crippen molar-refractivity contribution in [3.05, 3.63) is 35.9 Å².